The van der Waals surface area contributed by atoms with Crippen LogP contribution < -0.4 is 5.56 Å². The summed E-state index contributed by atoms with van der Waals surface area (Å²) in [5.41, 5.74) is 4.28. The summed E-state index contributed by atoms with van der Waals surface area (Å²) in [6.07, 6.45) is 8.65. The number of rotatable bonds is 3. The van der Waals surface area contributed by atoms with Crippen LogP contribution in [-0.4, -0.2) is 47.4 Å². The fourth-order valence-corrected chi connectivity index (χ4v) is 4.26. The topological polar surface area (TPSA) is 81.2 Å². The van der Waals surface area contributed by atoms with Gasteiger partial charge in [-0.15, -0.1) is 10.2 Å². The maximum absolute atomic E-state index is 11.5. The number of hydrogen-bond donors (Lipinski definition) is 0. The van der Waals surface area contributed by atoms with E-state index in [-0.39, 0.29) is 5.56 Å². The lowest BCUT2D eigenvalue weighted by molar-refractivity contribution is 0.198. The monoisotopic (exact) mass is 365 g/mol. The van der Waals surface area contributed by atoms with Gasteiger partial charge in [0.1, 0.15) is 0 Å². The summed E-state index contributed by atoms with van der Waals surface area (Å²) in [5, 5.41) is 13.7. The van der Waals surface area contributed by atoms with Crippen molar-refractivity contribution in [3.63, 3.8) is 0 Å². The van der Waals surface area contributed by atoms with Crippen LogP contribution in [0.15, 0.2) is 23.3 Å². The lowest BCUT2D eigenvalue weighted by Crippen LogP contribution is -2.34. The smallest absolute Gasteiger partial charge is 0.268 e. The van der Waals surface area contributed by atoms with Crippen LogP contribution in [0.5, 0.6) is 0 Å². The van der Waals surface area contributed by atoms with Crippen LogP contribution in [0.3, 0.4) is 0 Å². The normalized spacial score (nSPS) is 18.3. The largest absolute Gasteiger partial charge is 0.315 e. The second-order valence-electron chi connectivity index (χ2n) is 7.68. The molecule has 3 aromatic rings. The predicted molar refractivity (Wildman–Crippen MR) is 99.5 cm³/mol. The van der Waals surface area contributed by atoms with E-state index in [0.29, 0.717) is 5.92 Å². The summed E-state index contributed by atoms with van der Waals surface area (Å²) < 4.78 is 3.56. The van der Waals surface area contributed by atoms with Gasteiger partial charge in [0.15, 0.2) is 11.5 Å². The molecule has 1 aliphatic heterocycles. The van der Waals surface area contributed by atoms with Gasteiger partial charge in [0.25, 0.3) is 5.56 Å². The van der Waals surface area contributed by atoms with E-state index >= 15 is 0 Å². The van der Waals surface area contributed by atoms with Gasteiger partial charge in [-0.1, -0.05) is 0 Å². The van der Waals surface area contributed by atoms with Crippen LogP contribution in [0.1, 0.15) is 48.0 Å². The van der Waals surface area contributed by atoms with Crippen LogP contribution >= 0.6 is 0 Å². The van der Waals surface area contributed by atoms with Crippen molar-refractivity contribution in [3.8, 4) is 0 Å². The van der Waals surface area contributed by atoms with Gasteiger partial charge in [-0.2, -0.15) is 9.61 Å². The Balaban J connectivity index is 1.30. The zero-order chi connectivity index (χ0) is 18.4. The van der Waals surface area contributed by atoms with Crippen molar-refractivity contribution in [1.29, 1.82) is 0 Å². The van der Waals surface area contributed by atoms with Gasteiger partial charge < -0.3 is 4.57 Å². The highest BCUT2D eigenvalue weighted by molar-refractivity contribution is 5.43. The molecule has 5 rings (SSSR count). The summed E-state index contributed by atoms with van der Waals surface area (Å²) >= 11 is 0. The first-order valence-corrected chi connectivity index (χ1v) is 9.65. The first-order valence-electron chi connectivity index (χ1n) is 9.65. The molecule has 27 heavy (non-hydrogen) atoms. The van der Waals surface area contributed by atoms with Gasteiger partial charge >= 0.3 is 0 Å². The molecule has 0 aromatic carbocycles. The minimum atomic E-state index is -0.0740. The second kappa shape index (κ2) is 6.53. The number of likely N-dealkylation sites (tertiary alicyclic amines) is 1. The van der Waals surface area contributed by atoms with E-state index in [0.717, 1.165) is 62.5 Å². The number of nitrogens with zero attached hydrogens (tertiary/aromatic N) is 7. The third-order valence-corrected chi connectivity index (χ3v) is 5.81. The number of hydrogen-bond acceptors (Lipinski definition) is 6. The van der Waals surface area contributed by atoms with E-state index < -0.39 is 0 Å². The van der Waals surface area contributed by atoms with E-state index in [2.05, 4.69) is 26.1 Å². The van der Waals surface area contributed by atoms with Crippen LogP contribution in [0.2, 0.25) is 0 Å². The maximum Gasteiger partial charge on any atom is 0.268 e. The fourth-order valence-electron chi connectivity index (χ4n) is 4.26. The molecule has 2 aliphatic rings. The Kier molecular flexibility index (Phi) is 4.00. The molecule has 0 atom stereocenters. The molecule has 0 amide bonds. The fraction of sp³-hybridized carbons (Fsp3) is 0.526. The van der Waals surface area contributed by atoms with Gasteiger partial charge in [-0.05, 0) is 56.8 Å². The molecule has 0 spiro atoms. The summed E-state index contributed by atoms with van der Waals surface area (Å²) in [4.78, 5) is 18.1. The van der Waals surface area contributed by atoms with Gasteiger partial charge in [0.2, 0.25) is 0 Å². The standard InChI is InChI=1S/C19H23N7O/c1-24-11-15(20-10-18(24)27)12-25-7-5-13(6-8-25)19-22-21-17-9-14-3-2-4-16(14)23-26(17)19/h9-11,13H,2-8,12H2,1H3. The van der Waals surface area contributed by atoms with Crippen molar-refractivity contribution >= 4 is 5.65 Å². The van der Waals surface area contributed by atoms with Gasteiger partial charge in [-0.25, -0.2) is 0 Å². The number of aryl methyl sites for hydroxylation is 3. The first kappa shape index (κ1) is 16.6. The number of piperidine rings is 1. The molecule has 0 N–H and O–H groups in total. The van der Waals surface area contributed by atoms with Crippen molar-refractivity contribution in [1.82, 2.24) is 34.3 Å². The Hall–Kier alpha value is -2.61. The molecular weight excluding hydrogens is 342 g/mol. The third-order valence-electron chi connectivity index (χ3n) is 5.81. The Labute approximate surface area is 156 Å². The van der Waals surface area contributed by atoms with E-state index in [4.69, 9.17) is 5.10 Å². The van der Waals surface area contributed by atoms with E-state index in [9.17, 15) is 4.79 Å². The summed E-state index contributed by atoms with van der Waals surface area (Å²) in [6, 6.07) is 2.16. The van der Waals surface area contributed by atoms with Gasteiger partial charge in [-0.3, -0.25) is 14.7 Å². The van der Waals surface area contributed by atoms with E-state index in [1.54, 1.807) is 11.6 Å². The van der Waals surface area contributed by atoms with Gasteiger partial charge in [0, 0.05) is 25.7 Å². The molecule has 0 bridgehead atoms. The van der Waals surface area contributed by atoms with E-state index in [1.807, 2.05) is 10.7 Å². The Morgan fingerprint density at radius 2 is 2.04 bits per heavy atom. The maximum atomic E-state index is 11.5. The highest BCUT2D eigenvalue weighted by Crippen LogP contribution is 2.28. The molecule has 1 fully saturated rings. The molecule has 140 valence electrons. The van der Waals surface area contributed by atoms with Crippen molar-refractivity contribution in [2.75, 3.05) is 13.1 Å². The van der Waals surface area contributed by atoms with Crippen molar-refractivity contribution in [2.45, 2.75) is 44.6 Å². The number of fused-ring (bicyclic) bond motifs is 2. The Bertz CT molecular complexity index is 1050. The molecule has 1 saturated heterocycles. The quantitative estimate of drug-likeness (QED) is 0.691. The highest BCUT2D eigenvalue weighted by Gasteiger charge is 2.26. The third kappa shape index (κ3) is 3.03. The van der Waals surface area contributed by atoms with Crippen LogP contribution in [0.4, 0.5) is 0 Å². The zero-order valence-corrected chi connectivity index (χ0v) is 15.5. The average molecular weight is 365 g/mol. The second-order valence-corrected chi connectivity index (χ2v) is 7.68. The molecular formula is C19H23N7O. The van der Waals surface area contributed by atoms with Crippen molar-refractivity contribution in [3.05, 3.63) is 51.6 Å². The summed E-state index contributed by atoms with van der Waals surface area (Å²) in [5.74, 6) is 1.39. The van der Waals surface area contributed by atoms with Crippen LogP contribution in [0, 0.1) is 0 Å². The molecule has 4 heterocycles. The zero-order valence-electron chi connectivity index (χ0n) is 15.5. The SMILES string of the molecule is Cn1cc(CN2CCC(c3nnc4cc5c(nn34)CCC5)CC2)ncc1=O. The predicted octanol–water partition coefficient (Wildman–Crippen LogP) is 1.09. The van der Waals surface area contributed by atoms with Crippen molar-refractivity contribution < 1.29 is 0 Å². The van der Waals surface area contributed by atoms with Gasteiger partial charge in [0.05, 0.1) is 17.6 Å². The molecule has 3 aromatic heterocycles. The van der Waals surface area contributed by atoms with Crippen molar-refractivity contribution in [2.24, 2.45) is 7.05 Å². The molecule has 0 unspecified atom stereocenters. The average Bonchev–Trinajstić information content (AvgIpc) is 3.29. The lowest BCUT2D eigenvalue weighted by Gasteiger charge is -2.30. The molecule has 1 aliphatic carbocycles. The lowest BCUT2D eigenvalue weighted by atomic mass is 9.96. The minimum Gasteiger partial charge on any atom is -0.315 e. The molecule has 8 nitrogen and oxygen atoms in total. The summed E-state index contributed by atoms with van der Waals surface area (Å²) in [7, 11) is 1.76. The Morgan fingerprint density at radius 3 is 2.85 bits per heavy atom. The molecule has 0 radical (unpaired) electrons. The van der Waals surface area contributed by atoms with E-state index in [1.165, 1.54) is 23.9 Å². The molecule has 8 heteroatoms. The minimum absolute atomic E-state index is 0.0740. The summed E-state index contributed by atoms with van der Waals surface area (Å²) in [6.45, 7) is 2.73. The van der Waals surface area contributed by atoms with Crippen LogP contribution in [0.25, 0.3) is 5.65 Å². The number of aromatic nitrogens is 6. The highest BCUT2D eigenvalue weighted by atomic mass is 16.1. The first-order chi connectivity index (χ1) is 13.2. The van der Waals surface area contributed by atoms with Crippen LogP contribution in [-0.2, 0) is 26.4 Å². The molecule has 0 saturated carbocycles. The Morgan fingerprint density at radius 1 is 1.19 bits per heavy atom.